The molecule has 2 aromatic rings. The first-order valence-corrected chi connectivity index (χ1v) is 9.36. The van der Waals surface area contributed by atoms with E-state index in [1.54, 1.807) is 18.2 Å². The van der Waals surface area contributed by atoms with Gasteiger partial charge in [0.05, 0.1) is 24.3 Å². The quantitative estimate of drug-likeness (QED) is 0.872. The Morgan fingerprint density at radius 3 is 2.50 bits per heavy atom. The molecule has 0 saturated carbocycles. The second kappa shape index (κ2) is 8.64. The van der Waals surface area contributed by atoms with Gasteiger partial charge in [-0.15, -0.1) is 0 Å². The fraction of sp³-hybridized carbons (Fsp3) is 0.364. The molecule has 4 nitrogen and oxygen atoms in total. The number of likely N-dealkylation sites (tertiary alicyclic amines) is 1. The zero-order valence-corrected chi connectivity index (χ0v) is 15.2. The number of nitrogens with zero attached hydrogens (tertiary/aromatic N) is 1. The van der Waals surface area contributed by atoms with Crippen LogP contribution >= 0.6 is 0 Å². The first kappa shape index (κ1) is 18.2. The van der Waals surface area contributed by atoms with E-state index in [4.69, 9.17) is 5.26 Å². The average Bonchev–Trinajstić information content (AvgIpc) is 2.69. The number of carbonyl (C=O) groups is 1. The largest absolute Gasteiger partial charge is 0.325 e. The molecule has 0 radical (unpaired) electrons. The lowest BCUT2D eigenvalue weighted by Crippen LogP contribution is -3.17. The van der Waals surface area contributed by atoms with E-state index in [1.807, 2.05) is 13.0 Å². The summed E-state index contributed by atoms with van der Waals surface area (Å²) in [6.07, 6.45) is 3.43. The maximum atomic E-state index is 12.6. The predicted octanol–water partition coefficient (Wildman–Crippen LogP) is 2.42. The highest BCUT2D eigenvalue weighted by molar-refractivity contribution is 5.94. The van der Waals surface area contributed by atoms with Gasteiger partial charge < -0.3 is 10.2 Å². The SMILES string of the molecule is C[C@H](C(=O)Nc1ccccc1C#N)[NH+]1CCC(Cc2ccccc2)CC1. The highest BCUT2D eigenvalue weighted by atomic mass is 16.2. The summed E-state index contributed by atoms with van der Waals surface area (Å²) in [6, 6.07) is 19.8. The van der Waals surface area contributed by atoms with Crippen LogP contribution in [0.3, 0.4) is 0 Å². The van der Waals surface area contributed by atoms with Gasteiger partial charge >= 0.3 is 0 Å². The van der Waals surface area contributed by atoms with Crippen LogP contribution in [0.25, 0.3) is 0 Å². The molecular weight excluding hydrogens is 322 g/mol. The molecule has 1 fully saturated rings. The maximum Gasteiger partial charge on any atom is 0.282 e. The van der Waals surface area contributed by atoms with Gasteiger partial charge in [-0.3, -0.25) is 4.79 Å². The second-order valence-corrected chi connectivity index (χ2v) is 7.16. The zero-order chi connectivity index (χ0) is 18.4. The van der Waals surface area contributed by atoms with E-state index in [0.717, 1.165) is 32.4 Å². The van der Waals surface area contributed by atoms with Crippen molar-refractivity contribution in [2.75, 3.05) is 18.4 Å². The van der Waals surface area contributed by atoms with E-state index in [2.05, 4.69) is 41.7 Å². The van der Waals surface area contributed by atoms with Crippen molar-refractivity contribution in [2.45, 2.75) is 32.2 Å². The van der Waals surface area contributed by atoms with Crippen molar-refractivity contribution in [1.82, 2.24) is 0 Å². The molecular formula is C22H26N3O+. The Bertz CT molecular complexity index is 773. The fourth-order valence-corrected chi connectivity index (χ4v) is 3.75. The van der Waals surface area contributed by atoms with E-state index in [1.165, 1.54) is 10.5 Å². The summed E-state index contributed by atoms with van der Waals surface area (Å²) in [5.41, 5.74) is 2.51. The number of anilines is 1. The van der Waals surface area contributed by atoms with Gasteiger partial charge in [0.1, 0.15) is 6.07 Å². The second-order valence-electron chi connectivity index (χ2n) is 7.16. The Balaban J connectivity index is 1.52. The Labute approximate surface area is 155 Å². The normalized spacial score (nSPS) is 20.8. The van der Waals surface area contributed by atoms with E-state index < -0.39 is 0 Å². The Kier molecular flexibility index (Phi) is 6.04. The highest BCUT2D eigenvalue weighted by Gasteiger charge is 2.30. The minimum absolute atomic E-state index is 0.00999. The van der Waals surface area contributed by atoms with Crippen LogP contribution in [0.15, 0.2) is 54.6 Å². The summed E-state index contributed by atoms with van der Waals surface area (Å²) in [5.74, 6) is 0.694. The molecule has 1 heterocycles. The topological polar surface area (TPSA) is 57.3 Å². The van der Waals surface area contributed by atoms with Gasteiger partial charge in [-0.25, -0.2) is 0 Å². The summed E-state index contributed by atoms with van der Waals surface area (Å²) >= 11 is 0. The van der Waals surface area contributed by atoms with Crippen molar-refractivity contribution >= 4 is 11.6 Å². The molecule has 1 aliphatic heterocycles. The van der Waals surface area contributed by atoms with Crippen LogP contribution in [0, 0.1) is 17.2 Å². The third-order valence-electron chi connectivity index (χ3n) is 5.43. The van der Waals surface area contributed by atoms with Crippen LogP contribution < -0.4 is 10.2 Å². The number of nitriles is 1. The molecule has 0 aliphatic carbocycles. The molecule has 2 aromatic carbocycles. The van der Waals surface area contributed by atoms with Crippen molar-refractivity contribution in [3.05, 3.63) is 65.7 Å². The number of amides is 1. The first-order chi connectivity index (χ1) is 12.7. The minimum Gasteiger partial charge on any atom is -0.325 e. The molecule has 0 spiro atoms. The molecule has 2 N–H and O–H groups in total. The molecule has 3 rings (SSSR count). The van der Waals surface area contributed by atoms with Crippen LogP contribution in [0.4, 0.5) is 5.69 Å². The lowest BCUT2D eigenvalue weighted by atomic mass is 9.89. The Morgan fingerprint density at radius 2 is 1.81 bits per heavy atom. The van der Waals surface area contributed by atoms with E-state index in [-0.39, 0.29) is 11.9 Å². The monoisotopic (exact) mass is 348 g/mol. The maximum absolute atomic E-state index is 12.6. The van der Waals surface area contributed by atoms with E-state index in [9.17, 15) is 4.79 Å². The molecule has 1 saturated heterocycles. The molecule has 4 heteroatoms. The van der Waals surface area contributed by atoms with Gasteiger partial charge in [0, 0.05) is 0 Å². The number of carbonyl (C=O) groups excluding carboxylic acids is 1. The summed E-state index contributed by atoms with van der Waals surface area (Å²) in [5, 5.41) is 12.1. The van der Waals surface area contributed by atoms with Gasteiger partial charge in [0.2, 0.25) is 0 Å². The van der Waals surface area contributed by atoms with Crippen molar-refractivity contribution in [2.24, 2.45) is 5.92 Å². The van der Waals surface area contributed by atoms with Crippen molar-refractivity contribution < 1.29 is 9.69 Å². The molecule has 0 bridgehead atoms. The summed E-state index contributed by atoms with van der Waals surface area (Å²) in [6.45, 7) is 4.02. The molecule has 1 atom stereocenters. The zero-order valence-electron chi connectivity index (χ0n) is 15.2. The van der Waals surface area contributed by atoms with Crippen molar-refractivity contribution in [3.8, 4) is 6.07 Å². The molecule has 0 unspecified atom stereocenters. The number of benzene rings is 2. The van der Waals surface area contributed by atoms with Crippen LogP contribution in [0.2, 0.25) is 0 Å². The smallest absolute Gasteiger partial charge is 0.282 e. The highest BCUT2D eigenvalue weighted by Crippen LogP contribution is 2.17. The third-order valence-corrected chi connectivity index (χ3v) is 5.43. The number of rotatable bonds is 5. The predicted molar refractivity (Wildman–Crippen MR) is 103 cm³/mol. The molecule has 1 aliphatic rings. The van der Waals surface area contributed by atoms with Crippen LogP contribution in [0.1, 0.15) is 30.9 Å². The van der Waals surface area contributed by atoms with Gasteiger partial charge in [-0.05, 0) is 49.8 Å². The van der Waals surface area contributed by atoms with Crippen LogP contribution in [-0.2, 0) is 11.2 Å². The number of para-hydroxylation sites is 1. The number of hydrogen-bond donors (Lipinski definition) is 2. The molecule has 1 amide bonds. The van der Waals surface area contributed by atoms with Crippen molar-refractivity contribution in [1.29, 1.82) is 5.26 Å². The number of piperidine rings is 1. The Morgan fingerprint density at radius 1 is 1.15 bits per heavy atom. The lowest BCUT2D eigenvalue weighted by Gasteiger charge is -2.32. The van der Waals surface area contributed by atoms with Gasteiger partial charge in [0.15, 0.2) is 6.04 Å². The van der Waals surface area contributed by atoms with E-state index >= 15 is 0 Å². The number of quaternary nitrogens is 1. The summed E-state index contributed by atoms with van der Waals surface area (Å²) in [7, 11) is 0. The standard InChI is InChI=1S/C22H25N3O/c1-17(22(26)24-21-10-6-5-9-20(21)16-23)25-13-11-19(12-14-25)15-18-7-3-2-4-8-18/h2-10,17,19H,11-15H2,1H3,(H,24,26)/p+1/t17-/m1/s1. The average molecular weight is 348 g/mol. The number of nitrogens with one attached hydrogen (secondary N) is 2. The van der Waals surface area contributed by atoms with E-state index in [0.29, 0.717) is 17.2 Å². The van der Waals surface area contributed by atoms with Crippen molar-refractivity contribution in [3.63, 3.8) is 0 Å². The molecule has 0 aromatic heterocycles. The third kappa shape index (κ3) is 4.50. The van der Waals surface area contributed by atoms with Gasteiger partial charge in [0.25, 0.3) is 5.91 Å². The number of hydrogen-bond acceptors (Lipinski definition) is 2. The summed E-state index contributed by atoms with van der Waals surface area (Å²) in [4.78, 5) is 13.9. The first-order valence-electron chi connectivity index (χ1n) is 9.36. The Hall–Kier alpha value is -2.64. The van der Waals surface area contributed by atoms with Gasteiger partial charge in [-0.2, -0.15) is 5.26 Å². The van der Waals surface area contributed by atoms with Crippen LogP contribution in [-0.4, -0.2) is 25.0 Å². The summed E-state index contributed by atoms with van der Waals surface area (Å²) < 4.78 is 0. The molecule has 134 valence electrons. The fourth-order valence-electron chi connectivity index (χ4n) is 3.75. The lowest BCUT2D eigenvalue weighted by molar-refractivity contribution is -0.919. The molecule has 26 heavy (non-hydrogen) atoms. The minimum atomic E-state index is -0.112. The van der Waals surface area contributed by atoms with Gasteiger partial charge in [-0.1, -0.05) is 42.5 Å². The van der Waals surface area contributed by atoms with Crippen LogP contribution in [0.5, 0.6) is 0 Å².